The minimum Gasteiger partial charge on any atom is -0.492 e. The second-order valence-corrected chi connectivity index (χ2v) is 7.70. The van der Waals surface area contributed by atoms with Crippen molar-refractivity contribution in [2.24, 2.45) is 0 Å². The van der Waals surface area contributed by atoms with Crippen molar-refractivity contribution >= 4 is 46.4 Å². The summed E-state index contributed by atoms with van der Waals surface area (Å²) in [7, 11) is 1.72. The van der Waals surface area contributed by atoms with E-state index in [2.05, 4.69) is 5.32 Å². The highest BCUT2D eigenvalue weighted by atomic mass is 35.5. The van der Waals surface area contributed by atoms with Crippen LogP contribution in [0.4, 0.5) is 11.4 Å². The van der Waals surface area contributed by atoms with Gasteiger partial charge in [0.05, 0.1) is 11.6 Å². The van der Waals surface area contributed by atoms with Crippen LogP contribution in [-0.2, 0) is 4.79 Å². The van der Waals surface area contributed by atoms with E-state index in [0.717, 1.165) is 5.69 Å². The summed E-state index contributed by atoms with van der Waals surface area (Å²) >= 11 is 11.9. The molecule has 3 aromatic carbocycles. The van der Waals surface area contributed by atoms with Crippen molar-refractivity contribution in [2.75, 3.05) is 23.9 Å². The maximum absolute atomic E-state index is 12.8. The molecule has 0 unspecified atom stereocenters. The zero-order valence-corrected chi connectivity index (χ0v) is 18.5. The summed E-state index contributed by atoms with van der Waals surface area (Å²) in [5.74, 6) is 0.211. The number of amides is 2. The lowest BCUT2D eigenvalue weighted by Crippen LogP contribution is -2.26. The van der Waals surface area contributed by atoms with Crippen molar-refractivity contribution in [1.82, 2.24) is 0 Å². The van der Waals surface area contributed by atoms with Crippen LogP contribution in [0.2, 0.25) is 10.0 Å². The fourth-order valence-electron chi connectivity index (χ4n) is 2.92. The third-order valence-corrected chi connectivity index (χ3v) is 5.07. The highest BCUT2D eigenvalue weighted by Crippen LogP contribution is 2.27. The van der Waals surface area contributed by atoms with Gasteiger partial charge in [0.2, 0.25) is 5.91 Å². The number of hydrogen-bond acceptors (Lipinski definition) is 3. The normalized spacial score (nSPS) is 10.4. The number of nitrogens with one attached hydrogen (secondary N) is 1. The number of nitrogens with zero attached hydrogens (tertiary/aromatic N) is 1. The van der Waals surface area contributed by atoms with Crippen LogP contribution in [0.3, 0.4) is 0 Å². The molecule has 3 aromatic rings. The molecule has 0 heterocycles. The molecular weight excluding hydrogens is 435 g/mol. The number of benzene rings is 3. The van der Waals surface area contributed by atoms with Crippen LogP contribution in [0.5, 0.6) is 5.75 Å². The first-order valence-electron chi connectivity index (χ1n) is 9.75. The first-order chi connectivity index (χ1) is 14.9. The minimum absolute atomic E-state index is 0.157. The number of halogens is 2. The summed E-state index contributed by atoms with van der Waals surface area (Å²) in [4.78, 5) is 26.6. The fraction of sp³-hybridized carbons (Fsp3) is 0.167. The molecule has 1 N–H and O–H groups in total. The third kappa shape index (κ3) is 6.48. The molecule has 0 aliphatic carbocycles. The first kappa shape index (κ1) is 22.7. The van der Waals surface area contributed by atoms with Gasteiger partial charge >= 0.3 is 0 Å². The van der Waals surface area contributed by atoms with E-state index in [1.165, 1.54) is 0 Å². The number of carbonyl (C=O) groups is 2. The van der Waals surface area contributed by atoms with Crippen molar-refractivity contribution in [3.8, 4) is 5.75 Å². The lowest BCUT2D eigenvalue weighted by atomic mass is 10.1. The molecular formula is C24H22Cl2N2O3. The van der Waals surface area contributed by atoms with Gasteiger partial charge in [-0.1, -0.05) is 47.5 Å². The Bertz CT molecular complexity index is 1060. The van der Waals surface area contributed by atoms with E-state index >= 15 is 0 Å². The number of anilines is 2. The van der Waals surface area contributed by atoms with E-state index < -0.39 is 0 Å². The van der Waals surface area contributed by atoms with Crippen LogP contribution in [0, 0.1) is 0 Å². The van der Waals surface area contributed by atoms with Gasteiger partial charge in [0, 0.05) is 35.4 Å². The molecule has 0 spiro atoms. The summed E-state index contributed by atoms with van der Waals surface area (Å²) in [5.41, 5.74) is 1.85. The second-order valence-electron chi connectivity index (χ2n) is 6.86. The Morgan fingerprint density at radius 2 is 1.74 bits per heavy atom. The molecule has 0 aromatic heterocycles. The Morgan fingerprint density at radius 3 is 2.48 bits per heavy atom. The monoisotopic (exact) mass is 456 g/mol. The second kappa shape index (κ2) is 10.8. The van der Waals surface area contributed by atoms with Crippen LogP contribution in [0.15, 0.2) is 72.8 Å². The van der Waals surface area contributed by atoms with E-state index in [9.17, 15) is 9.59 Å². The van der Waals surface area contributed by atoms with Gasteiger partial charge in [-0.15, -0.1) is 0 Å². The zero-order chi connectivity index (χ0) is 22.2. The number of para-hydroxylation sites is 1. The average molecular weight is 457 g/mol. The summed E-state index contributed by atoms with van der Waals surface area (Å²) in [6.07, 6.45) is 0.785. The molecule has 0 saturated heterocycles. The van der Waals surface area contributed by atoms with Crippen LogP contribution in [-0.4, -0.2) is 25.5 Å². The summed E-state index contributed by atoms with van der Waals surface area (Å²) in [6.45, 7) is 0.342. The Hall–Kier alpha value is -3.02. The molecule has 31 heavy (non-hydrogen) atoms. The molecule has 5 nitrogen and oxygen atoms in total. The molecule has 0 atom stereocenters. The van der Waals surface area contributed by atoms with E-state index in [4.69, 9.17) is 27.9 Å². The van der Waals surface area contributed by atoms with Crippen LogP contribution < -0.4 is 15.0 Å². The third-order valence-electron chi connectivity index (χ3n) is 4.54. The van der Waals surface area contributed by atoms with Crippen molar-refractivity contribution in [3.63, 3.8) is 0 Å². The average Bonchev–Trinajstić information content (AvgIpc) is 2.77. The molecule has 0 aliphatic heterocycles. The number of ether oxygens (including phenoxy) is 1. The van der Waals surface area contributed by atoms with Crippen LogP contribution >= 0.6 is 23.2 Å². The highest BCUT2D eigenvalue weighted by molar-refractivity contribution is 6.35. The van der Waals surface area contributed by atoms with Crippen molar-refractivity contribution < 1.29 is 14.3 Å². The summed E-state index contributed by atoms with van der Waals surface area (Å²) < 4.78 is 5.59. The SMILES string of the molecule is CN(C(=O)c1cccc(NC(=O)CCCOc2ccc(Cl)cc2Cl)c1)c1ccccc1. The standard InChI is InChI=1S/C24H22Cl2N2O3/c1-28(20-9-3-2-4-10-20)24(30)17-7-5-8-19(15-17)27-23(29)11-6-14-31-22-13-12-18(25)16-21(22)26/h2-5,7-10,12-13,15-16H,6,11,14H2,1H3,(H,27,29). The van der Waals surface area contributed by atoms with Gasteiger partial charge in [0.15, 0.2) is 0 Å². The summed E-state index contributed by atoms with van der Waals surface area (Å²) in [6, 6.07) is 21.3. The molecule has 0 fully saturated rings. The molecule has 2 amide bonds. The molecule has 0 bridgehead atoms. The van der Waals surface area contributed by atoms with Crippen LogP contribution in [0.25, 0.3) is 0 Å². The Labute approximate surface area is 191 Å². The maximum Gasteiger partial charge on any atom is 0.258 e. The van der Waals surface area contributed by atoms with Gasteiger partial charge in [0.1, 0.15) is 5.75 Å². The van der Waals surface area contributed by atoms with Gasteiger partial charge in [0.25, 0.3) is 5.91 Å². The molecule has 3 rings (SSSR count). The lowest BCUT2D eigenvalue weighted by molar-refractivity contribution is -0.116. The molecule has 0 radical (unpaired) electrons. The zero-order valence-electron chi connectivity index (χ0n) is 17.0. The van der Waals surface area contributed by atoms with E-state index in [1.54, 1.807) is 54.4 Å². The van der Waals surface area contributed by atoms with E-state index in [0.29, 0.717) is 40.1 Å². The van der Waals surface area contributed by atoms with Crippen molar-refractivity contribution in [1.29, 1.82) is 0 Å². The van der Waals surface area contributed by atoms with Gasteiger partial charge in [-0.25, -0.2) is 0 Å². The summed E-state index contributed by atoms with van der Waals surface area (Å²) in [5, 5.41) is 3.79. The quantitative estimate of drug-likeness (QED) is 0.418. The molecule has 160 valence electrons. The Balaban J connectivity index is 1.50. The Morgan fingerprint density at radius 1 is 0.968 bits per heavy atom. The fourth-order valence-corrected chi connectivity index (χ4v) is 3.39. The maximum atomic E-state index is 12.8. The van der Waals surface area contributed by atoms with Crippen molar-refractivity contribution in [2.45, 2.75) is 12.8 Å². The largest absolute Gasteiger partial charge is 0.492 e. The van der Waals surface area contributed by atoms with Gasteiger partial charge in [-0.3, -0.25) is 9.59 Å². The predicted octanol–water partition coefficient (Wildman–Crippen LogP) is 6.07. The Kier molecular flexibility index (Phi) is 7.93. The smallest absolute Gasteiger partial charge is 0.258 e. The number of carbonyl (C=O) groups excluding carboxylic acids is 2. The molecule has 7 heteroatoms. The van der Waals surface area contributed by atoms with E-state index in [1.807, 2.05) is 30.3 Å². The first-order valence-corrected chi connectivity index (χ1v) is 10.5. The molecule has 0 saturated carbocycles. The lowest BCUT2D eigenvalue weighted by Gasteiger charge is -2.17. The van der Waals surface area contributed by atoms with Crippen LogP contribution in [0.1, 0.15) is 23.2 Å². The number of hydrogen-bond donors (Lipinski definition) is 1. The predicted molar refractivity (Wildman–Crippen MR) is 125 cm³/mol. The number of rotatable bonds is 8. The van der Waals surface area contributed by atoms with Gasteiger partial charge < -0.3 is 15.0 Å². The topological polar surface area (TPSA) is 58.6 Å². The minimum atomic E-state index is -0.160. The van der Waals surface area contributed by atoms with Gasteiger partial charge in [-0.2, -0.15) is 0 Å². The highest BCUT2D eigenvalue weighted by Gasteiger charge is 2.14. The molecule has 0 aliphatic rings. The van der Waals surface area contributed by atoms with Crippen molar-refractivity contribution in [3.05, 3.63) is 88.4 Å². The van der Waals surface area contributed by atoms with Gasteiger partial charge in [-0.05, 0) is 55.0 Å². The van der Waals surface area contributed by atoms with E-state index in [-0.39, 0.29) is 18.2 Å².